The lowest BCUT2D eigenvalue weighted by Gasteiger charge is -2.09. The average molecular weight is 262 g/mol. The standard InChI is InChI=1S/C14H18N2OS/c1-3-13-10-18-14(16-13)15-8-11-6-4-5-7-12(11)9-17-2/h4-7,10H,3,8-9H2,1-2H3,(H,15,16). The summed E-state index contributed by atoms with van der Waals surface area (Å²) in [4.78, 5) is 4.50. The van der Waals surface area contributed by atoms with Crippen LogP contribution in [-0.4, -0.2) is 12.1 Å². The maximum Gasteiger partial charge on any atom is 0.183 e. The van der Waals surface area contributed by atoms with Crippen LogP contribution in [0.1, 0.15) is 23.7 Å². The minimum absolute atomic E-state index is 0.649. The summed E-state index contributed by atoms with van der Waals surface area (Å²) in [5, 5.41) is 6.45. The molecule has 1 heterocycles. The van der Waals surface area contributed by atoms with Gasteiger partial charge in [-0.2, -0.15) is 0 Å². The molecule has 2 aromatic rings. The number of anilines is 1. The molecule has 3 nitrogen and oxygen atoms in total. The maximum absolute atomic E-state index is 5.20. The molecule has 0 unspecified atom stereocenters. The predicted molar refractivity (Wildman–Crippen MR) is 76.0 cm³/mol. The molecule has 0 amide bonds. The molecule has 1 aromatic carbocycles. The zero-order valence-corrected chi connectivity index (χ0v) is 11.6. The number of aryl methyl sites for hydroxylation is 1. The normalized spacial score (nSPS) is 10.6. The van der Waals surface area contributed by atoms with Crippen molar-refractivity contribution >= 4 is 16.5 Å². The largest absolute Gasteiger partial charge is 0.380 e. The van der Waals surface area contributed by atoms with Crippen LogP contribution < -0.4 is 5.32 Å². The monoisotopic (exact) mass is 262 g/mol. The first-order chi connectivity index (χ1) is 8.83. The van der Waals surface area contributed by atoms with Crippen molar-refractivity contribution in [3.8, 4) is 0 Å². The van der Waals surface area contributed by atoms with E-state index in [1.807, 2.05) is 6.07 Å². The van der Waals surface area contributed by atoms with E-state index in [-0.39, 0.29) is 0 Å². The molecule has 0 fully saturated rings. The van der Waals surface area contributed by atoms with Gasteiger partial charge in [0.05, 0.1) is 12.3 Å². The van der Waals surface area contributed by atoms with Crippen molar-refractivity contribution in [1.82, 2.24) is 4.98 Å². The van der Waals surface area contributed by atoms with E-state index in [2.05, 4.69) is 40.8 Å². The molecule has 0 aliphatic carbocycles. The number of nitrogens with one attached hydrogen (secondary N) is 1. The van der Waals surface area contributed by atoms with Crippen LogP contribution in [0.15, 0.2) is 29.6 Å². The van der Waals surface area contributed by atoms with Gasteiger partial charge in [0.2, 0.25) is 0 Å². The van der Waals surface area contributed by atoms with Gasteiger partial charge in [-0.3, -0.25) is 0 Å². The number of hydrogen-bond acceptors (Lipinski definition) is 4. The first-order valence-electron chi connectivity index (χ1n) is 6.07. The van der Waals surface area contributed by atoms with Crippen LogP contribution in [0.2, 0.25) is 0 Å². The second kappa shape index (κ2) is 6.52. The van der Waals surface area contributed by atoms with Crippen molar-refractivity contribution in [3.05, 3.63) is 46.5 Å². The Morgan fingerprint density at radius 2 is 2.06 bits per heavy atom. The molecule has 0 saturated heterocycles. The number of aromatic nitrogens is 1. The number of rotatable bonds is 6. The fraction of sp³-hybridized carbons (Fsp3) is 0.357. The highest BCUT2D eigenvalue weighted by atomic mass is 32.1. The summed E-state index contributed by atoms with van der Waals surface area (Å²) < 4.78 is 5.20. The predicted octanol–water partition coefficient (Wildman–Crippen LogP) is 3.46. The molecule has 0 aliphatic rings. The minimum Gasteiger partial charge on any atom is -0.380 e. The highest BCUT2D eigenvalue weighted by Gasteiger charge is 2.03. The molecule has 0 spiro atoms. The number of hydrogen-bond donors (Lipinski definition) is 1. The Kier molecular flexibility index (Phi) is 4.73. The van der Waals surface area contributed by atoms with Gasteiger partial charge in [0.25, 0.3) is 0 Å². The zero-order chi connectivity index (χ0) is 12.8. The van der Waals surface area contributed by atoms with Crippen LogP contribution in [0.3, 0.4) is 0 Å². The Labute approximate surface area is 112 Å². The first-order valence-corrected chi connectivity index (χ1v) is 6.95. The molecule has 18 heavy (non-hydrogen) atoms. The van der Waals surface area contributed by atoms with Crippen LogP contribution in [0.25, 0.3) is 0 Å². The van der Waals surface area contributed by atoms with Gasteiger partial charge in [-0.05, 0) is 17.5 Å². The van der Waals surface area contributed by atoms with Gasteiger partial charge in [0.15, 0.2) is 5.13 Å². The molecule has 96 valence electrons. The van der Waals surface area contributed by atoms with Crippen LogP contribution in [0.5, 0.6) is 0 Å². The molecular formula is C14H18N2OS. The molecule has 0 aliphatic heterocycles. The summed E-state index contributed by atoms with van der Waals surface area (Å²) >= 11 is 1.66. The van der Waals surface area contributed by atoms with Crippen molar-refractivity contribution in [2.24, 2.45) is 0 Å². The molecule has 0 saturated carbocycles. The van der Waals surface area contributed by atoms with E-state index in [0.717, 1.165) is 23.8 Å². The lowest BCUT2D eigenvalue weighted by Crippen LogP contribution is -2.03. The van der Waals surface area contributed by atoms with Crippen molar-refractivity contribution in [3.63, 3.8) is 0 Å². The van der Waals surface area contributed by atoms with Gasteiger partial charge in [0, 0.05) is 19.0 Å². The number of thiazole rings is 1. The second-order valence-electron chi connectivity index (χ2n) is 4.05. The van der Waals surface area contributed by atoms with Crippen molar-refractivity contribution < 1.29 is 4.74 Å². The van der Waals surface area contributed by atoms with Crippen molar-refractivity contribution in [2.45, 2.75) is 26.5 Å². The van der Waals surface area contributed by atoms with Gasteiger partial charge < -0.3 is 10.1 Å². The van der Waals surface area contributed by atoms with E-state index in [9.17, 15) is 0 Å². The van der Waals surface area contributed by atoms with Crippen molar-refractivity contribution in [1.29, 1.82) is 0 Å². The Bertz CT molecular complexity index is 496. The van der Waals surface area contributed by atoms with E-state index in [4.69, 9.17) is 4.74 Å². The molecule has 1 N–H and O–H groups in total. The highest BCUT2D eigenvalue weighted by molar-refractivity contribution is 7.13. The van der Waals surface area contributed by atoms with Crippen LogP contribution in [0.4, 0.5) is 5.13 Å². The molecule has 0 bridgehead atoms. The van der Waals surface area contributed by atoms with E-state index in [0.29, 0.717) is 6.61 Å². The number of benzene rings is 1. The summed E-state index contributed by atoms with van der Waals surface area (Å²) in [5.74, 6) is 0. The van der Waals surface area contributed by atoms with E-state index < -0.39 is 0 Å². The van der Waals surface area contributed by atoms with Crippen LogP contribution >= 0.6 is 11.3 Å². The summed E-state index contributed by atoms with van der Waals surface area (Å²) in [6.45, 7) is 3.55. The number of nitrogens with zero attached hydrogens (tertiary/aromatic N) is 1. The van der Waals surface area contributed by atoms with Crippen molar-refractivity contribution in [2.75, 3.05) is 12.4 Å². The number of methoxy groups -OCH3 is 1. The topological polar surface area (TPSA) is 34.1 Å². The summed E-state index contributed by atoms with van der Waals surface area (Å²) in [6, 6.07) is 8.31. The van der Waals surface area contributed by atoms with Gasteiger partial charge >= 0.3 is 0 Å². The van der Waals surface area contributed by atoms with Crippen LogP contribution in [0, 0.1) is 0 Å². The highest BCUT2D eigenvalue weighted by Crippen LogP contribution is 2.18. The van der Waals surface area contributed by atoms with E-state index in [1.54, 1.807) is 18.4 Å². The fourth-order valence-electron chi connectivity index (χ4n) is 1.75. The Morgan fingerprint density at radius 3 is 2.72 bits per heavy atom. The minimum atomic E-state index is 0.649. The molecule has 0 radical (unpaired) electrons. The second-order valence-corrected chi connectivity index (χ2v) is 4.91. The summed E-state index contributed by atoms with van der Waals surface area (Å²) in [6.07, 6.45) is 0.985. The molecular weight excluding hydrogens is 244 g/mol. The lowest BCUT2D eigenvalue weighted by molar-refractivity contribution is 0.184. The average Bonchev–Trinajstić information content (AvgIpc) is 2.86. The van der Waals surface area contributed by atoms with Gasteiger partial charge in [-0.1, -0.05) is 31.2 Å². The van der Waals surface area contributed by atoms with Gasteiger partial charge in [0.1, 0.15) is 0 Å². The SMILES string of the molecule is CCc1csc(NCc2ccccc2COC)n1. The lowest BCUT2D eigenvalue weighted by atomic mass is 10.1. The van der Waals surface area contributed by atoms with E-state index >= 15 is 0 Å². The van der Waals surface area contributed by atoms with E-state index in [1.165, 1.54) is 11.1 Å². The van der Waals surface area contributed by atoms with Gasteiger partial charge in [-0.15, -0.1) is 11.3 Å². The third-order valence-electron chi connectivity index (χ3n) is 2.76. The summed E-state index contributed by atoms with van der Waals surface area (Å²) in [7, 11) is 1.72. The molecule has 4 heteroatoms. The smallest absolute Gasteiger partial charge is 0.183 e. The third kappa shape index (κ3) is 3.31. The van der Waals surface area contributed by atoms with Crippen LogP contribution in [-0.2, 0) is 24.3 Å². The van der Waals surface area contributed by atoms with Gasteiger partial charge in [-0.25, -0.2) is 4.98 Å². The molecule has 2 rings (SSSR count). The number of ether oxygens (including phenoxy) is 1. The molecule has 1 aromatic heterocycles. The Morgan fingerprint density at radius 1 is 1.28 bits per heavy atom. The molecule has 0 atom stereocenters. The third-order valence-corrected chi connectivity index (χ3v) is 3.61. The maximum atomic E-state index is 5.20. The summed E-state index contributed by atoms with van der Waals surface area (Å²) in [5.41, 5.74) is 3.63. The zero-order valence-electron chi connectivity index (χ0n) is 10.8. The Balaban J connectivity index is 2.01. The first kappa shape index (κ1) is 13.1. The fourth-order valence-corrected chi connectivity index (χ4v) is 2.54. The quantitative estimate of drug-likeness (QED) is 0.865. The Hall–Kier alpha value is -1.39.